The van der Waals surface area contributed by atoms with E-state index in [4.69, 9.17) is 4.74 Å². The minimum atomic E-state index is -3.31. The number of carbonyl (C=O) groups excluding carboxylic acids is 2. The maximum Gasteiger partial charge on any atom is 0.341 e. The molecule has 0 unspecified atom stereocenters. The zero-order valence-corrected chi connectivity index (χ0v) is 17.4. The molecule has 1 amide bonds. The molecule has 27 heavy (non-hydrogen) atoms. The van der Waals surface area contributed by atoms with E-state index in [1.54, 1.807) is 6.92 Å². The number of piperidine rings is 1. The lowest BCUT2D eigenvalue weighted by Gasteiger charge is -2.30. The Labute approximate surface area is 164 Å². The molecule has 0 bridgehead atoms. The van der Waals surface area contributed by atoms with Crippen LogP contribution >= 0.6 is 11.3 Å². The monoisotopic (exact) mass is 414 g/mol. The first kappa shape index (κ1) is 20.3. The van der Waals surface area contributed by atoms with Gasteiger partial charge in [-0.1, -0.05) is 0 Å². The molecule has 0 radical (unpaired) electrons. The van der Waals surface area contributed by atoms with Gasteiger partial charge in [-0.05, 0) is 51.0 Å². The summed E-state index contributed by atoms with van der Waals surface area (Å²) in [5.74, 6) is -1.04. The van der Waals surface area contributed by atoms with Crippen molar-refractivity contribution in [2.45, 2.75) is 45.4 Å². The van der Waals surface area contributed by atoms with Gasteiger partial charge in [-0.25, -0.2) is 17.5 Å². The molecule has 9 heteroatoms. The fraction of sp³-hybridized carbons (Fsp3) is 0.667. The topological polar surface area (TPSA) is 92.8 Å². The second kappa shape index (κ2) is 8.28. The first-order valence-corrected chi connectivity index (χ1v) is 12.1. The van der Waals surface area contributed by atoms with Crippen molar-refractivity contribution in [2.24, 2.45) is 5.92 Å². The third kappa shape index (κ3) is 4.52. The number of nitrogens with one attached hydrogen (secondary N) is 1. The largest absolute Gasteiger partial charge is 0.462 e. The van der Waals surface area contributed by atoms with Gasteiger partial charge in [-0.2, -0.15) is 0 Å². The minimum Gasteiger partial charge on any atom is -0.462 e. The smallest absolute Gasteiger partial charge is 0.341 e. The summed E-state index contributed by atoms with van der Waals surface area (Å²) < 4.78 is 30.2. The highest BCUT2D eigenvalue weighted by atomic mass is 32.2. The maximum absolute atomic E-state index is 12.8. The predicted octanol–water partition coefficient (Wildman–Crippen LogP) is 2.41. The first-order chi connectivity index (χ1) is 12.8. The van der Waals surface area contributed by atoms with Crippen LogP contribution in [0.1, 0.15) is 53.4 Å². The van der Waals surface area contributed by atoms with E-state index >= 15 is 0 Å². The number of aryl methyl sites for hydroxylation is 1. The van der Waals surface area contributed by atoms with Crippen molar-refractivity contribution in [3.05, 3.63) is 16.0 Å². The average Bonchev–Trinajstić information content (AvgIpc) is 2.99. The van der Waals surface area contributed by atoms with Crippen LogP contribution in [0.5, 0.6) is 0 Å². The number of nitrogens with zero attached hydrogens (tertiary/aromatic N) is 1. The van der Waals surface area contributed by atoms with E-state index in [2.05, 4.69) is 5.32 Å². The number of thiophene rings is 1. The molecule has 1 saturated heterocycles. The fourth-order valence-corrected chi connectivity index (χ4v) is 5.94. The van der Waals surface area contributed by atoms with Gasteiger partial charge < -0.3 is 10.1 Å². The number of fused-ring (bicyclic) bond motifs is 1. The number of carbonyl (C=O) groups is 2. The molecule has 1 aliphatic heterocycles. The molecular formula is C18H26N2O5S2. The summed E-state index contributed by atoms with van der Waals surface area (Å²) in [4.78, 5) is 26.4. The fourth-order valence-electron chi connectivity index (χ4n) is 3.74. The van der Waals surface area contributed by atoms with Gasteiger partial charge in [-0.15, -0.1) is 11.3 Å². The van der Waals surface area contributed by atoms with E-state index in [-0.39, 0.29) is 19.1 Å². The number of hydrogen-bond donors (Lipinski definition) is 1. The van der Waals surface area contributed by atoms with E-state index in [1.165, 1.54) is 21.9 Å². The lowest BCUT2D eigenvalue weighted by molar-refractivity contribution is -0.120. The second-order valence-corrected chi connectivity index (χ2v) is 10.2. The van der Waals surface area contributed by atoms with Gasteiger partial charge in [0.2, 0.25) is 15.9 Å². The second-order valence-electron chi connectivity index (χ2n) is 7.08. The lowest BCUT2D eigenvalue weighted by Crippen LogP contribution is -2.43. The van der Waals surface area contributed by atoms with Crippen LogP contribution in [0.3, 0.4) is 0 Å². The molecule has 0 saturated carbocycles. The van der Waals surface area contributed by atoms with Gasteiger partial charge in [0.15, 0.2) is 0 Å². The highest BCUT2D eigenvalue weighted by molar-refractivity contribution is 7.88. The first-order valence-electron chi connectivity index (χ1n) is 9.39. The Hall–Kier alpha value is -1.45. The number of ether oxygens (including phenoxy) is 1. The summed E-state index contributed by atoms with van der Waals surface area (Å²) in [7, 11) is -3.31. The molecule has 1 atom stereocenters. The van der Waals surface area contributed by atoms with Crippen molar-refractivity contribution in [3.63, 3.8) is 0 Å². The molecule has 150 valence electrons. The third-order valence-corrected chi connectivity index (χ3v) is 7.59. The summed E-state index contributed by atoms with van der Waals surface area (Å²) in [5, 5.41) is 3.45. The quantitative estimate of drug-likeness (QED) is 0.747. The lowest BCUT2D eigenvalue weighted by atomic mass is 9.95. The van der Waals surface area contributed by atoms with Crippen LogP contribution < -0.4 is 5.32 Å². The Balaban J connectivity index is 1.81. The van der Waals surface area contributed by atoms with Crippen molar-refractivity contribution < 1.29 is 22.7 Å². The summed E-state index contributed by atoms with van der Waals surface area (Å²) in [6.45, 7) is 2.67. The van der Waals surface area contributed by atoms with Gasteiger partial charge in [-0.3, -0.25) is 4.79 Å². The van der Waals surface area contributed by atoms with Crippen molar-refractivity contribution in [1.29, 1.82) is 0 Å². The maximum atomic E-state index is 12.8. The highest BCUT2D eigenvalue weighted by Crippen LogP contribution is 2.39. The number of hydrogen-bond acceptors (Lipinski definition) is 6. The van der Waals surface area contributed by atoms with Gasteiger partial charge in [0.25, 0.3) is 0 Å². The van der Waals surface area contributed by atoms with Gasteiger partial charge in [0.05, 0.1) is 24.3 Å². The molecule has 1 aromatic heterocycles. The molecule has 1 N–H and O–H groups in total. The van der Waals surface area contributed by atoms with Crippen LogP contribution in [-0.2, 0) is 32.4 Å². The number of rotatable bonds is 5. The van der Waals surface area contributed by atoms with Crippen LogP contribution in [-0.4, -0.2) is 50.6 Å². The van der Waals surface area contributed by atoms with Crippen LogP contribution in [0.25, 0.3) is 0 Å². The number of amides is 1. The van der Waals surface area contributed by atoms with Gasteiger partial charge in [0, 0.05) is 18.0 Å². The van der Waals surface area contributed by atoms with Crippen LogP contribution in [0, 0.1) is 5.92 Å². The summed E-state index contributed by atoms with van der Waals surface area (Å²) >= 11 is 1.45. The van der Waals surface area contributed by atoms with Crippen molar-refractivity contribution >= 4 is 38.2 Å². The molecule has 1 aromatic rings. The highest BCUT2D eigenvalue weighted by Gasteiger charge is 2.32. The van der Waals surface area contributed by atoms with E-state index < -0.39 is 21.9 Å². The van der Waals surface area contributed by atoms with Gasteiger partial charge >= 0.3 is 5.97 Å². The Morgan fingerprint density at radius 1 is 1.26 bits per heavy atom. The summed E-state index contributed by atoms with van der Waals surface area (Å²) in [6.07, 6.45) is 6.28. The number of sulfonamides is 1. The van der Waals surface area contributed by atoms with E-state index in [0.29, 0.717) is 30.0 Å². The van der Waals surface area contributed by atoms with Gasteiger partial charge in [0.1, 0.15) is 5.00 Å². The predicted molar refractivity (Wildman–Crippen MR) is 105 cm³/mol. The van der Waals surface area contributed by atoms with E-state index in [0.717, 1.165) is 36.1 Å². The molecule has 7 nitrogen and oxygen atoms in total. The minimum absolute atomic E-state index is 0.185. The van der Waals surface area contributed by atoms with Crippen LogP contribution in [0.15, 0.2) is 0 Å². The zero-order valence-electron chi connectivity index (χ0n) is 15.7. The molecular weight excluding hydrogens is 388 g/mol. The zero-order chi connectivity index (χ0) is 19.6. The Morgan fingerprint density at radius 3 is 2.70 bits per heavy atom. The molecule has 0 aromatic carbocycles. The van der Waals surface area contributed by atoms with Crippen molar-refractivity contribution in [1.82, 2.24) is 4.31 Å². The molecule has 0 spiro atoms. The van der Waals surface area contributed by atoms with E-state index in [9.17, 15) is 18.0 Å². The molecule has 2 aliphatic rings. The third-order valence-electron chi connectivity index (χ3n) is 5.11. The molecule has 3 rings (SSSR count). The Bertz CT molecular complexity index is 831. The Kier molecular flexibility index (Phi) is 6.22. The Morgan fingerprint density at radius 2 is 2.00 bits per heavy atom. The molecule has 2 heterocycles. The number of anilines is 1. The molecule has 1 fully saturated rings. The summed E-state index contributed by atoms with van der Waals surface area (Å²) in [6, 6.07) is 0. The average molecular weight is 415 g/mol. The van der Waals surface area contributed by atoms with Crippen LogP contribution in [0.4, 0.5) is 5.00 Å². The van der Waals surface area contributed by atoms with Crippen molar-refractivity contribution in [2.75, 3.05) is 31.3 Å². The SMILES string of the molecule is CCOC(=O)c1c(NC(=O)[C@H]2CCCN(S(C)(=O)=O)C2)sc2c1CCCC2. The molecule has 1 aliphatic carbocycles. The van der Waals surface area contributed by atoms with E-state index in [1.807, 2.05) is 0 Å². The standard InChI is InChI=1S/C18H26N2O5S2/c1-3-25-18(22)15-13-8-4-5-9-14(13)26-17(15)19-16(21)12-7-6-10-20(11-12)27(2,23)24/h12H,3-11H2,1-2H3,(H,19,21)/t12-/m0/s1. The van der Waals surface area contributed by atoms with Crippen molar-refractivity contribution in [3.8, 4) is 0 Å². The summed E-state index contributed by atoms with van der Waals surface area (Å²) in [5.41, 5.74) is 1.49. The number of esters is 1. The van der Waals surface area contributed by atoms with Crippen LogP contribution in [0.2, 0.25) is 0 Å². The normalized spacial score (nSPS) is 20.7.